The van der Waals surface area contributed by atoms with E-state index in [0.29, 0.717) is 11.4 Å². The Morgan fingerprint density at radius 3 is 0.722 bits per heavy atom. The maximum atomic E-state index is 16.2. The van der Waals surface area contributed by atoms with Gasteiger partial charge in [-0.25, -0.2) is 0 Å². The van der Waals surface area contributed by atoms with Gasteiger partial charge in [-0.05, 0) is 214 Å². The Labute approximate surface area is 558 Å². The molecule has 0 bridgehead atoms. The quantitative estimate of drug-likeness (QED) is 0.122. The number of fused-ring (bicyclic) bond motifs is 12. The zero-order chi connectivity index (χ0) is 67.6. The van der Waals surface area contributed by atoms with Crippen molar-refractivity contribution < 1.29 is 26.3 Å². The first-order valence-electron chi connectivity index (χ1n) is 33.0. The molecule has 0 saturated carbocycles. The number of halogens is 6. The summed E-state index contributed by atoms with van der Waals surface area (Å²) in [5.41, 5.74) is 14.2. The van der Waals surface area contributed by atoms with Gasteiger partial charge in [-0.2, -0.15) is 26.3 Å². The van der Waals surface area contributed by atoms with Crippen LogP contribution >= 0.6 is 0 Å². The van der Waals surface area contributed by atoms with Crippen LogP contribution in [0.2, 0.25) is 0 Å². The molecule has 10 heteroatoms. The number of aryl methyl sites for hydroxylation is 6. The summed E-state index contributed by atoms with van der Waals surface area (Å²) in [4.78, 5) is 0. The zero-order valence-electron chi connectivity index (χ0n) is 55.7. The van der Waals surface area contributed by atoms with Gasteiger partial charge in [0, 0.05) is 76.7 Å². The van der Waals surface area contributed by atoms with E-state index in [2.05, 4.69) is 222 Å². The van der Waals surface area contributed by atoms with Crippen LogP contribution < -0.4 is 0 Å². The van der Waals surface area contributed by atoms with Crippen molar-refractivity contribution in [3.8, 4) is 22.7 Å². The van der Waals surface area contributed by atoms with Gasteiger partial charge in [0.25, 0.3) is 0 Å². The second-order valence-electron chi connectivity index (χ2n) is 28.1. The highest BCUT2D eigenvalue weighted by molar-refractivity contribution is 6.13. The fourth-order valence-corrected chi connectivity index (χ4v) is 15.6. The zero-order valence-corrected chi connectivity index (χ0v) is 55.7. The lowest BCUT2D eigenvalue weighted by Crippen LogP contribution is -2.54. The number of benzene rings is 12. The monoisotopic (exact) mass is 1280 g/mol. The third kappa shape index (κ3) is 9.40. The Hall–Kier alpha value is -10.6. The summed E-state index contributed by atoms with van der Waals surface area (Å²) in [5, 5.41) is 8.27. The summed E-state index contributed by atoms with van der Waals surface area (Å²) in [6.45, 7) is 21.2. The number of hydrogen-bond donors (Lipinski definition) is 0. The third-order valence-corrected chi connectivity index (χ3v) is 21.1. The number of alkyl halides is 6. The Balaban J connectivity index is 0.756. The molecule has 97 heavy (non-hydrogen) atoms. The summed E-state index contributed by atoms with van der Waals surface area (Å²) >= 11 is 0. The van der Waals surface area contributed by atoms with E-state index in [0.717, 1.165) is 151 Å². The Kier molecular flexibility index (Phi) is 13.7. The van der Waals surface area contributed by atoms with Crippen LogP contribution in [0.1, 0.15) is 94.5 Å². The molecule has 0 saturated heterocycles. The molecule has 480 valence electrons. The lowest BCUT2D eigenvalue weighted by atomic mass is 9.73. The smallest absolute Gasteiger partial charge is 0.309 e. The molecular weight excluding hydrogens is 1210 g/mol. The molecule has 0 aliphatic rings. The second kappa shape index (κ2) is 21.7. The van der Waals surface area contributed by atoms with E-state index >= 15 is 26.3 Å². The number of aromatic nitrogens is 4. The molecule has 0 radical (unpaired) electrons. The standard InChI is InChI=1S/C87H70F6N4/c1-51-11-27-63(28-12-51)94-76-37-16-54(4)44-69(76)72-47-59(24-40-79(72)94)83(7,8)60-25-41-80-73(48-60)70-45-55(5)17-38-77(70)95(80)65-31-19-57(20-32-65)85(86(88,89)90,87(91,92)93)58-21-33-66(34-22-58)96-78-39-18-56(6)46-71(78)74-49-61(26-42-81(74)96)84(9,10)62-23-35-67-68-43-53(3)15-36-75(68)97(82(67)50-62)64-29-13-52(2)14-30-64/h11-50H,1-10H3. The Bertz CT molecular complexity index is 5870. The van der Waals surface area contributed by atoms with Gasteiger partial charge in [-0.3, -0.25) is 0 Å². The molecule has 4 nitrogen and oxygen atoms in total. The minimum absolute atomic E-state index is 0.421. The first kappa shape index (κ1) is 61.3. The van der Waals surface area contributed by atoms with Gasteiger partial charge in [-0.1, -0.05) is 164 Å². The average Bonchev–Trinajstić information content (AvgIpc) is 1.32. The number of hydrogen-bond acceptors (Lipinski definition) is 0. The largest absolute Gasteiger partial charge is 0.411 e. The summed E-state index contributed by atoms with van der Waals surface area (Å²) in [6.07, 6.45) is -11.6. The molecule has 12 aromatic carbocycles. The molecule has 0 unspecified atom stereocenters. The average molecular weight is 1290 g/mol. The van der Waals surface area contributed by atoms with Crippen LogP contribution in [0.5, 0.6) is 0 Å². The molecule has 4 aromatic heterocycles. The van der Waals surface area contributed by atoms with Gasteiger partial charge in [-0.15, -0.1) is 0 Å². The molecule has 0 spiro atoms. The summed E-state index contributed by atoms with van der Waals surface area (Å²) < 4.78 is 106. The van der Waals surface area contributed by atoms with E-state index in [4.69, 9.17) is 0 Å². The molecule has 0 N–H and O–H groups in total. The van der Waals surface area contributed by atoms with Gasteiger partial charge in [0.2, 0.25) is 5.41 Å². The van der Waals surface area contributed by atoms with E-state index in [1.807, 2.05) is 59.4 Å². The molecular formula is C87H70F6N4. The third-order valence-electron chi connectivity index (χ3n) is 21.1. The van der Waals surface area contributed by atoms with Crippen LogP contribution in [0.3, 0.4) is 0 Å². The van der Waals surface area contributed by atoms with Crippen LogP contribution in [0.15, 0.2) is 243 Å². The lowest BCUT2D eigenvalue weighted by molar-refractivity contribution is -0.288. The van der Waals surface area contributed by atoms with Gasteiger partial charge >= 0.3 is 12.4 Å². The maximum absolute atomic E-state index is 16.2. The number of nitrogens with zero attached hydrogens (tertiary/aromatic N) is 4. The highest BCUT2D eigenvalue weighted by atomic mass is 19.4. The minimum atomic E-state index is -5.81. The SMILES string of the molecule is Cc1ccc(-n2c3ccc(C)cc3c3cc(C(C)(C)c4ccc5c(c4)c4cc(C)ccc4n5-c4ccc(C(c5ccc(-n6c7ccc(C)cc7c7cc(C(C)(C)c8ccc9c%10cc(C)ccc%10n(-c%10ccc(C)cc%10)c9c8)ccc76)cc5)(C(F)(F)F)C(F)(F)F)cc4)ccc32)cc1. The van der Waals surface area contributed by atoms with Crippen molar-refractivity contribution in [3.63, 3.8) is 0 Å². The van der Waals surface area contributed by atoms with Crippen molar-refractivity contribution in [2.45, 2.75) is 97.8 Å². The van der Waals surface area contributed by atoms with Crippen molar-refractivity contribution >= 4 is 87.2 Å². The van der Waals surface area contributed by atoms with Crippen molar-refractivity contribution in [2.75, 3.05) is 0 Å². The van der Waals surface area contributed by atoms with Crippen molar-refractivity contribution in [2.24, 2.45) is 0 Å². The molecule has 0 amide bonds. The predicted molar refractivity (Wildman–Crippen MR) is 389 cm³/mol. The normalized spacial score (nSPS) is 12.9. The summed E-state index contributed by atoms with van der Waals surface area (Å²) in [6, 6.07) is 77.9. The van der Waals surface area contributed by atoms with Gasteiger partial charge < -0.3 is 18.3 Å². The summed E-state index contributed by atoms with van der Waals surface area (Å²) in [5.74, 6) is 0. The van der Waals surface area contributed by atoms with Crippen LogP contribution in [-0.4, -0.2) is 30.6 Å². The molecule has 16 aromatic rings. The van der Waals surface area contributed by atoms with Crippen molar-refractivity contribution in [3.05, 3.63) is 309 Å². The maximum Gasteiger partial charge on any atom is 0.411 e. The van der Waals surface area contributed by atoms with Crippen molar-refractivity contribution in [1.29, 1.82) is 0 Å². The Morgan fingerprint density at radius 2 is 0.423 bits per heavy atom. The lowest BCUT2D eigenvalue weighted by Gasteiger charge is -2.38. The molecule has 16 rings (SSSR count). The van der Waals surface area contributed by atoms with Crippen LogP contribution in [0.25, 0.3) is 110 Å². The van der Waals surface area contributed by atoms with E-state index in [-0.39, 0.29) is 0 Å². The van der Waals surface area contributed by atoms with Gasteiger partial charge in [0.15, 0.2) is 0 Å². The molecule has 0 aliphatic carbocycles. The first-order valence-corrected chi connectivity index (χ1v) is 33.0. The van der Waals surface area contributed by atoms with Crippen molar-refractivity contribution in [1.82, 2.24) is 18.3 Å². The number of rotatable bonds is 10. The fourth-order valence-electron chi connectivity index (χ4n) is 15.6. The highest BCUT2D eigenvalue weighted by Gasteiger charge is 2.72. The molecule has 4 heterocycles. The highest BCUT2D eigenvalue weighted by Crippen LogP contribution is 2.57. The van der Waals surface area contributed by atoms with Gasteiger partial charge in [0.05, 0.1) is 44.1 Å². The molecule has 0 atom stereocenters. The van der Waals surface area contributed by atoms with Crippen LogP contribution in [-0.2, 0) is 16.2 Å². The van der Waals surface area contributed by atoms with Crippen LogP contribution in [0.4, 0.5) is 26.3 Å². The van der Waals surface area contributed by atoms with E-state index in [9.17, 15) is 0 Å². The predicted octanol–water partition coefficient (Wildman–Crippen LogP) is 24.0. The first-order chi connectivity index (χ1) is 46.3. The topological polar surface area (TPSA) is 19.7 Å². The summed E-state index contributed by atoms with van der Waals surface area (Å²) in [7, 11) is 0. The fraction of sp³-hybridized carbons (Fsp3) is 0.172. The second-order valence-corrected chi connectivity index (χ2v) is 28.1. The molecule has 0 aliphatic heterocycles. The van der Waals surface area contributed by atoms with Crippen LogP contribution in [0, 0.1) is 41.5 Å². The van der Waals surface area contributed by atoms with E-state index in [1.54, 1.807) is 0 Å². The van der Waals surface area contributed by atoms with E-state index in [1.165, 1.54) is 51.9 Å². The van der Waals surface area contributed by atoms with E-state index < -0.39 is 39.7 Å². The molecule has 0 fully saturated rings. The minimum Gasteiger partial charge on any atom is -0.309 e. The Morgan fingerprint density at radius 1 is 0.206 bits per heavy atom. The van der Waals surface area contributed by atoms with Gasteiger partial charge in [0.1, 0.15) is 0 Å².